The van der Waals surface area contributed by atoms with E-state index >= 15 is 0 Å². The minimum absolute atomic E-state index is 0.0578. The van der Waals surface area contributed by atoms with Crippen molar-refractivity contribution in [2.45, 2.75) is 26.4 Å². The molecule has 4 nitrogen and oxygen atoms in total. The van der Waals surface area contributed by atoms with Crippen LogP contribution in [0.2, 0.25) is 0 Å². The zero-order valence-corrected chi connectivity index (χ0v) is 12.1. The van der Waals surface area contributed by atoms with Gasteiger partial charge < -0.3 is 10.1 Å². The highest BCUT2D eigenvalue weighted by atomic mass is 19.1. The summed E-state index contributed by atoms with van der Waals surface area (Å²) >= 11 is 0. The van der Waals surface area contributed by atoms with Gasteiger partial charge >= 0.3 is 0 Å². The van der Waals surface area contributed by atoms with Crippen LogP contribution in [0, 0.1) is 12.7 Å². The number of aromatic nitrogens is 2. The molecule has 1 aromatic heterocycles. The zero-order chi connectivity index (χ0) is 14.5. The molecule has 1 atom stereocenters. The van der Waals surface area contributed by atoms with Crippen molar-refractivity contribution in [1.82, 2.24) is 15.1 Å². The summed E-state index contributed by atoms with van der Waals surface area (Å²) in [6, 6.07) is 4.87. The number of hydrogen-bond acceptors (Lipinski definition) is 3. The van der Waals surface area contributed by atoms with Crippen LogP contribution in [0.3, 0.4) is 0 Å². The molecular formula is C15H20FN3O. The van der Waals surface area contributed by atoms with Crippen molar-refractivity contribution in [1.29, 1.82) is 0 Å². The maximum Gasteiger partial charge on any atom is 0.131 e. The van der Waals surface area contributed by atoms with Crippen LogP contribution in [0.4, 0.5) is 4.39 Å². The van der Waals surface area contributed by atoms with Crippen LogP contribution in [0.5, 0.6) is 5.75 Å². The molecule has 0 spiro atoms. The monoisotopic (exact) mass is 277 g/mol. The van der Waals surface area contributed by atoms with E-state index in [1.807, 2.05) is 30.9 Å². The Hall–Kier alpha value is -1.88. The molecule has 0 aliphatic rings. The minimum Gasteiger partial charge on any atom is -0.497 e. The zero-order valence-electron chi connectivity index (χ0n) is 12.1. The summed E-state index contributed by atoms with van der Waals surface area (Å²) < 4.78 is 20.8. The van der Waals surface area contributed by atoms with E-state index in [0.29, 0.717) is 11.3 Å². The molecule has 1 N–H and O–H groups in total. The van der Waals surface area contributed by atoms with Gasteiger partial charge in [0.2, 0.25) is 0 Å². The van der Waals surface area contributed by atoms with E-state index in [1.165, 1.54) is 13.2 Å². The standard InChI is InChI=1S/C15H20FN3O/c1-11-9-18-19(10-11)7-6-17-12(2)14-5-4-13(20-3)8-15(14)16/h4-5,8-10,12,17H,6-7H2,1-3H3. The van der Waals surface area contributed by atoms with Gasteiger partial charge in [0.05, 0.1) is 19.9 Å². The summed E-state index contributed by atoms with van der Waals surface area (Å²) in [7, 11) is 1.53. The average molecular weight is 277 g/mol. The predicted octanol–water partition coefficient (Wildman–Crippen LogP) is 2.69. The number of aryl methyl sites for hydroxylation is 1. The first-order valence-corrected chi connectivity index (χ1v) is 6.66. The number of benzene rings is 1. The van der Waals surface area contributed by atoms with Crippen molar-refractivity contribution in [3.8, 4) is 5.75 Å². The van der Waals surface area contributed by atoms with Crippen LogP contribution < -0.4 is 10.1 Å². The van der Waals surface area contributed by atoms with E-state index in [4.69, 9.17) is 4.74 Å². The summed E-state index contributed by atoms with van der Waals surface area (Å²) in [5.74, 6) is 0.282. The molecule has 108 valence electrons. The molecule has 0 saturated heterocycles. The highest BCUT2D eigenvalue weighted by molar-refractivity contribution is 5.30. The van der Waals surface area contributed by atoms with Crippen LogP contribution in [0.25, 0.3) is 0 Å². The molecule has 1 unspecified atom stereocenters. The van der Waals surface area contributed by atoms with Crippen molar-refractivity contribution in [2.24, 2.45) is 0 Å². The quantitative estimate of drug-likeness (QED) is 0.882. The summed E-state index contributed by atoms with van der Waals surface area (Å²) in [6.45, 7) is 5.44. The van der Waals surface area contributed by atoms with Gasteiger partial charge in [0.15, 0.2) is 0 Å². The van der Waals surface area contributed by atoms with Gasteiger partial charge in [-0.25, -0.2) is 4.39 Å². The van der Waals surface area contributed by atoms with E-state index in [1.54, 1.807) is 12.1 Å². The first-order chi connectivity index (χ1) is 9.60. The van der Waals surface area contributed by atoms with Crippen molar-refractivity contribution in [2.75, 3.05) is 13.7 Å². The maximum atomic E-state index is 13.9. The molecule has 0 aliphatic carbocycles. The molecule has 5 heteroatoms. The Morgan fingerprint density at radius 2 is 2.25 bits per heavy atom. The lowest BCUT2D eigenvalue weighted by Gasteiger charge is -2.15. The number of nitrogens with zero attached hydrogens (tertiary/aromatic N) is 2. The fourth-order valence-electron chi connectivity index (χ4n) is 2.08. The topological polar surface area (TPSA) is 39.1 Å². The largest absolute Gasteiger partial charge is 0.497 e. The molecule has 1 heterocycles. The summed E-state index contributed by atoms with van der Waals surface area (Å²) in [5, 5.41) is 7.50. The van der Waals surface area contributed by atoms with Gasteiger partial charge in [-0.2, -0.15) is 5.10 Å². The highest BCUT2D eigenvalue weighted by Gasteiger charge is 2.11. The minimum atomic E-state index is -0.251. The first-order valence-electron chi connectivity index (χ1n) is 6.66. The Bertz CT molecular complexity index is 568. The van der Waals surface area contributed by atoms with Gasteiger partial charge in [0.25, 0.3) is 0 Å². The molecule has 0 fully saturated rings. The fraction of sp³-hybridized carbons (Fsp3) is 0.400. The van der Waals surface area contributed by atoms with Gasteiger partial charge in [0.1, 0.15) is 11.6 Å². The lowest BCUT2D eigenvalue weighted by atomic mass is 10.1. The Balaban J connectivity index is 1.89. The summed E-state index contributed by atoms with van der Waals surface area (Å²) in [6.07, 6.45) is 3.81. The lowest BCUT2D eigenvalue weighted by molar-refractivity contribution is 0.409. The molecule has 20 heavy (non-hydrogen) atoms. The van der Waals surface area contributed by atoms with Gasteiger partial charge in [-0.05, 0) is 25.5 Å². The Morgan fingerprint density at radius 3 is 2.85 bits per heavy atom. The van der Waals surface area contributed by atoms with Crippen LogP contribution in [0.1, 0.15) is 24.1 Å². The second-order valence-electron chi connectivity index (χ2n) is 4.84. The van der Waals surface area contributed by atoms with Crippen molar-refractivity contribution in [3.05, 3.63) is 47.5 Å². The molecular weight excluding hydrogens is 257 g/mol. The molecule has 1 aromatic carbocycles. The van der Waals surface area contributed by atoms with Crippen molar-refractivity contribution in [3.63, 3.8) is 0 Å². The Labute approximate surface area is 118 Å². The fourth-order valence-corrected chi connectivity index (χ4v) is 2.08. The van der Waals surface area contributed by atoms with Gasteiger partial charge in [-0.15, -0.1) is 0 Å². The maximum absolute atomic E-state index is 13.9. The van der Waals surface area contributed by atoms with E-state index < -0.39 is 0 Å². The molecule has 2 rings (SSSR count). The van der Waals surface area contributed by atoms with Crippen LogP contribution in [-0.4, -0.2) is 23.4 Å². The number of nitrogens with one attached hydrogen (secondary N) is 1. The predicted molar refractivity (Wildman–Crippen MR) is 76.3 cm³/mol. The summed E-state index contributed by atoms with van der Waals surface area (Å²) in [5.41, 5.74) is 1.78. The SMILES string of the molecule is COc1ccc(C(C)NCCn2cc(C)cn2)c(F)c1. The Kier molecular flexibility index (Phi) is 4.74. The molecule has 0 radical (unpaired) electrons. The van der Waals surface area contributed by atoms with Crippen LogP contribution in [-0.2, 0) is 6.54 Å². The third-order valence-electron chi connectivity index (χ3n) is 3.23. The van der Waals surface area contributed by atoms with Gasteiger partial charge in [0, 0.05) is 30.4 Å². The second-order valence-corrected chi connectivity index (χ2v) is 4.84. The number of halogens is 1. The van der Waals surface area contributed by atoms with Crippen molar-refractivity contribution >= 4 is 0 Å². The average Bonchev–Trinajstić information content (AvgIpc) is 2.84. The van der Waals surface area contributed by atoms with E-state index in [0.717, 1.165) is 18.7 Å². The van der Waals surface area contributed by atoms with Crippen LogP contribution >= 0.6 is 0 Å². The first kappa shape index (κ1) is 14.5. The molecule has 0 bridgehead atoms. The Morgan fingerprint density at radius 1 is 1.45 bits per heavy atom. The number of methoxy groups -OCH3 is 1. The van der Waals surface area contributed by atoms with E-state index in [-0.39, 0.29) is 11.9 Å². The van der Waals surface area contributed by atoms with Gasteiger partial charge in [-0.3, -0.25) is 4.68 Å². The molecule has 0 aliphatic heterocycles. The van der Waals surface area contributed by atoms with Gasteiger partial charge in [-0.1, -0.05) is 6.07 Å². The molecule has 0 amide bonds. The van der Waals surface area contributed by atoms with E-state index in [9.17, 15) is 4.39 Å². The van der Waals surface area contributed by atoms with E-state index in [2.05, 4.69) is 10.4 Å². The normalized spacial score (nSPS) is 12.4. The van der Waals surface area contributed by atoms with Crippen LogP contribution in [0.15, 0.2) is 30.6 Å². The number of ether oxygens (including phenoxy) is 1. The smallest absolute Gasteiger partial charge is 0.131 e. The third-order valence-corrected chi connectivity index (χ3v) is 3.23. The lowest BCUT2D eigenvalue weighted by Crippen LogP contribution is -2.24. The molecule has 0 saturated carbocycles. The summed E-state index contributed by atoms with van der Waals surface area (Å²) in [4.78, 5) is 0. The number of rotatable bonds is 6. The highest BCUT2D eigenvalue weighted by Crippen LogP contribution is 2.21. The number of hydrogen-bond donors (Lipinski definition) is 1. The second kappa shape index (κ2) is 6.52. The molecule has 2 aromatic rings. The third kappa shape index (κ3) is 3.57. The van der Waals surface area contributed by atoms with Crippen molar-refractivity contribution < 1.29 is 9.13 Å².